The van der Waals surface area contributed by atoms with Gasteiger partial charge >= 0.3 is 5.97 Å². The van der Waals surface area contributed by atoms with Crippen LogP contribution < -0.4 is 10.5 Å². The number of hydrogen-bond acceptors (Lipinski definition) is 5. The molecule has 32 heavy (non-hydrogen) atoms. The number of carboxylic acid groups (broad SMARTS) is 1. The zero-order chi connectivity index (χ0) is 23.1. The van der Waals surface area contributed by atoms with Crippen molar-refractivity contribution in [1.82, 2.24) is 4.90 Å². The van der Waals surface area contributed by atoms with Gasteiger partial charge in [-0.3, -0.25) is 15.0 Å². The SMILES string of the molecule is COCCCC(CC(=O)O)N1CCc2cc(OCc3ccc(C(=N)N)cc3)ccc2C1=O. The fourth-order valence-corrected chi connectivity index (χ4v) is 3.90. The first kappa shape index (κ1) is 23.3. The van der Waals surface area contributed by atoms with Gasteiger partial charge in [0.2, 0.25) is 0 Å². The number of carbonyl (C=O) groups excluding carboxylic acids is 1. The van der Waals surface area contributed by atoms with E-state index in [0.717, 1.165) is 11.1 Å². The number of nitrogens with one attached hydrogen (secondary N) is 1. The third-order valence-electron chi connectivity index (χ3n) is 5.60. The summed E-state index contributed by atoms with van der Waals surface area (Å²) in [5.74, 6) is -0.356. The molecule has 0 radical (unpaired) electrons. The molecular weight excluding hydrogens is 410 g/mol. The van der Waals surface area contributed by atoms with Crippen LogP contribution in [-0.4, -0.2) is 54.0 Å². The Balaban J connectivity index is 1.66. The third-order valence-corrected chi connectivity index (χ3v) is 5.60. The van der Waals surface area contributed by atoms with E-state index in [2.05, 4.69) is 0 Å². The van der Waals surface area contributed by atoms with Gasteiger partial charge in [0.15, 0.2) is 0 Å². The monoisotopic (exact) mass is 439 g/mol. The number of benzene rings is 2. The number of amides is 1. The van der Waals surface area contributed by atoms with Gasteiger partial charge in [0.25, 0.3) is 5.91 Å². The van der Waals surface area contributed by atoms with E-state index in [0.29, 0.717) is 55.9 Å². The van der Waals surface area contributed by atoms with Gasteiger partial charge in [-0.25, -0.2) is 0 Å². The number of methoxy groups -OCH3 is 1. The Bertz CT molecular complexity index is 974. The average molecular weight is 440 g/mol. The van der Waals surface area contributed by atoms with E-state index in [1.807, 2.05) is 18.2 Å². The van der Waals surface area contributed by atoms with Crippen molar-refractivity contribution in [2.45, 2.75) is 38.3 Å². The molecule has 0 bridgehead atoms. The van der Waals surface area contributed by atoms with Crippen molar-refractivity contribution in [2.24, 2.45) is 5.73 Å². The largest absolute Gasteiger partial charge is 0.489 e. The Labute approximate surface area is 187 Å². The lowest BCUT2D eigenvalue weighted by atomic mass is 9.95. The number of nitrogen functional groups attached to an aromatic ring is 1. The number of rotatable bonds is 11. The van der Waals surface area contributed by atoms with Crippen LogP contribution in [0.3, 0.4) is 0 Å². The Morgan fingerprint density at radius 3 is 2.66 bits per heavy atom. The number of amidine groups is 1. The van der Waals surface area contributed by atoms with E-state index in [4.69, 9.17) is 20.6 Å². The molecule has 1 atom stereocenters. The molecule has 1 unspecified atom stereocenters. The molecule has 0 aliphatic carbocycles. The van der Waals surface area contributed by atoms with Crippen LogP contribution in [0.1, 0.15) is 46.3 Å². The number of fused-ring (bicyclic) bond motifs is 1. The predicted octanol–water partition coefficient (Wildman–Crippen LogP) is 2.82. The Kier molecular flexibility index (Phi) is 7.83. The van der Waals surface area contributed by atoms with Gasteiger partial charge in [-0.05, 0) is 48.6 Å². The quantitative estimate of drug-likeness (QED) is 0.281. The molecule has 1 aliphatic heterocycles. The number of nitrogens with zero attached hydrogens (tertiary/aromatic N) is 1. The lowest BCUT2D eigenvalue weighted by molar-refractivity contribution is -0.138. The maximum Gasteiger partial charge on any atom is 0.305 e. The molecule has 0 saturated carbocycles. The maximum atomic E-state index is 13.1. The topological polar surface area (TPSA) is 126 Å². The van der Waals surface area contributed by atoms with Crippen molar-refractivity contribution >= 4 is 17.7 Å². The smallest absolute Gasteiger partial charge is 0.305 e. The van der Waals surface area contributed by atoms with E-state index >= 15 is 0 Å². The average Bonchev–Trinajstić information content (AvgIpc) is 2.77. The third kappa shape index (κ3) is 5.85. The van der Waals surface area contributed by atoms with E-state index in [9.17, 15) is 14.7 Å². The van der Waals surface area contributed by atoms with Crippen molar-refractivity contribution in [3.8, 4) is 5.75 Å². The van der Waals surface area contributed by atoms with Gasteiger partial charge in [-0.1, -0.05) is 24.3 Å². The van der Waals surface area contributed by atoms with Crippen molar-refractivity contribution in [1.29, 1.82) is 5.41 Å². The summed E-state index contributed by atoms with van der Waals surface area (Å²) in [6.45, 7) is 1.37. The zero-order valence-corrected chi connectivity index (χ0v) is 18.2. The second-order valence-corrected chi connectivity index (χ2v) is 7.85. The van der Waals surface area contributed by atoms with Gasteiger partial charge in [-0.2, -0.15) is 0 Å². The van der Waals surface area contributed by atoms with Crippen LogP contribution in [0.5, 0.6) is 5.75 Å². The van der Waals surface area contributed by atoms with Crippen LogP contribution in [0.2, 0.25) is 0 Å². The molecule has 0 aromatic heterocycles. The molecule has 2 aromatic rings. The minimum absolute atomic E-state index is 0.0233. The van der Waals surface area contributed by atoms with Gasteiger partial charge in [0.1, 0.15) is 18.2 Å². The van der Waals surface area contributed by atoms with Crippen molar-refractivity contribution in [3.63, 3.8) is 0 Å². The van der Waals surface area contributed by atoms with Gasteiger partial charge in [0.05, 0.1) is 6.42 Å². The van der Waals surface area contributed by atoms with Gasteiger partial charge < -0.3 is 25.2 Å². The van der Waals surface area contributed by atoms with E-state index in [1.54, 1.807) is 36.3 Å². The first-order valence-corrected chi connectivity index (χ1v) is 10.6. The molecule has 4 N–H and O–H groups in total. The molecule has 0 fully saturated rings. The van der Waals surface area contributed by atoms with Gasteiger partial charge in [0, 0.05) is 37.4 Å². The second-order valence-electron chi connectivity index (χ2n) is 7.85. The number of aliphatic carboxylic acids is 1. The predicted molar refractivity (Wildman–Crippen MR) is 120 cm³/mol. The highest BCUT2D eigenvalue weighted by atomic mass is 16.5. The molecule has 8 heteroatoms. The minimum atomic E-state index is -0.911. The highest BCUT2D eigenvalue weighted by Gasteiger charge is 2.31. The fourth-order valence-electron chi connectivity index (χ4n) is 3.90. The van der Waals surface area contributed by atoms with Gasteiger partial charge in [-0.15, -0.1) is 0 Å². The highest BCUT2D eigenvalue weighted by Crippen LogP contribution is 2.27. The lowest BCUT2D eigenvalue weighted by Gasteiger charge is -2.35. The van der Waals surface area contributed by atoms with E-state index in [-0.39, 0.29) is 24.2 Å². The van der Waals surface area contributed by atoms with Crippen molar-refractivity contribution in [3.05, 3.63) is 64.7 Å². The molecule has 2 aromatic carbocycles. The highest BCUT2D eigenvalue weighted by molar-refractivity contribution is 5.97. The Morgan fingerprint density at radius 1 is 1.25 bits per heavy atom. The van der Waals surface area contributed by atoms with Crippen LogP contribution in [0.25, 0.3) is 0 Å². The van der Waals surface area contributed by atoms with Crippen LogP contribution >= 0.6 is 0 Å². The molecule has 1 aliphatic rings. The van der Waals surface area contributed by atoms with Crippen LogP contribution in [0.15, 0.2) is 42.5 Å². The Morgan fingerprint density at radius 2 is 2.00 bits per heavy atom. The fraction of sp³-hybridized carbons (Fsp3) is 0.375. The number of hydrogen-bond donors (Lipinski definition) is 3. The molecule has 8 nitrogen and oxygen atoms in total. The first-order chi connectivity index (χ1) is 15.4. The molecule has 3 rings (SSSR count). The normalized spacial score (nSPS) is 14.0. The van der Waals surface area contributed by atoms with E-state index < -0.39 is 5.97 Å². The molecular formula is C24H29N3O5. The molecule has 170 valence electrons. The summed E-state index contributed by atoms with van der Waals surface area (Å²) in [5, 5.41) is 16.7. The minimum Gasteiger partial charge on any atom is -0.489 e. The summed E-state index contributed by atoms with van der Waals surface area (Å²) in [6.07, 6.45) is 1.86. The second kappa shape index (κ2) is 10.8. The summed E-state index contributed by atoms with van der Waals surface area (Å²) < 4.78 is 11.0. The summed E-state index contributed by atoms with van der Waals surface area (Å²) in [6, 6.07) is 12.3. The maximum absolute atomic E-state index is 13.1. The number of ether oxygens (including phenoxy) is 2. The lowest BCUT2D eigenvalue weighted by Crippen LogP contribution is -2.45. The van der Waals surface area contributed by atoms with Crippen LogP contribution in [0, 0.1) is 5.41 Å². The standard InChI is InChI=1S/C24H29N3O5/c1-31-12-2-3-19(14-22(28)29)27-11-10-18-13-20(8-9-21(18)24(27)30)32-15-16-4-6-17(7-5-16)23(25)26/h4-9,13,19H,2-3,10-12,14-15H2,1H3,(H3,25,26)(H,28,29). The van der Waals surface area contributed by atoms with Crippen molar-refractivity contribution in [2.75, 3.05) is 20.3 Å². The molecule has 1 heterocycles. The van der Waals surface area contributed by atoms with Crippen LogP contribution in [-0.2, 0) is 22.6 Å². The molecule has 1 amide bonds. The summed E-state index contributed by atoms with van der Waals surface area (Å²) in [4.78, 5) is 26.1. The number of nitrogens with two attached hydrogens (primary N) is 1. The number of carboxylic acids is 1. The molecule has 0 spiro atoms. The zero-order valence-electron chi connectivity index (χ0n) is 18.2. The van der Waals surface area contributed by atoms with E-state index in [1.165, 1.54) is 0 Å². The summed E-state index contributed by atoms with van der Waals surface area (Å²) >= 11 is 0. The van der Waals surface area contributed by atoms with Crippen LogP contribution in [0.4, 0.5) is 0 Å². The van der Waals surface area contributed by atoms with Crippen molar-refractivity contribution < 1.29 is 24.2 Å². The number of carbonyl (C=O) groups is 2. The summed E-state index contributed by atoms with van der Waals surface area (Å²) in [5.41, 5.74) is 8.58. The summed E-state index contributed by atoms with van der Waals surface area (Å²) in [7, 11) is 1.61. The Hall–Kier alpha value is -3.39. The first-order valence-electron chi connectivity index (χ1n) is 10.6. The molecule has 0 saturated heterocycles.